The molecule has 0 aliphatic heterocycles. The second kappa shape index (κ2) is 6.25. The van der Waals surface area contributed by atoms with Gasteiger partial charge in [-0.1, -0.05) is 23.7 Å². The van der Waals surface area contributed by atoms with Crippen molar-refractivity contribution in [3.63, 3.8) is 0 Å². The Morgan fingerprint density at radius 3 is 2.63 bits per heavy atom. The number of halogens is 2. The van der Waals surface area contributed by atoms with E-state index in [2.05, 4.69) is 33.2 Å². The van der Waals surface area contributed by atoms with Crippen molar-refractivity contribution >= 4 is 51.6 Å². The highest BCUT2D eigenvalue weighted by Crippen LogP contribution is 2.22. The SMILES string of the molecule is Cc1cccc(NC(=O)Nc2ccc(Cl)cc2I)c1. The van der Waals surface area contributed by atoms with Gasteiger partial charge in [0.15, 0.2) is 0 Å². The molecule has 2 aromatic rings. The van der Waals surface area contributed by atoms with Crippen molar-refractivity contribution in [1.29, 1.82) is 0 Å². The maximum atomic E-state index is 11.9. The van der Waals surface area contributed by atoms with Crippen LogP contribution in [0.4, 0.5) is 16.2 Å². The summed E-state index contributed by atoms with van der Waals surface area (Å²) in [7, 11) is 0. The summed E-state index contributed by atoms with van der Waals surface area (Å²) in [5.41, 5.74) is 2.59. The second-order valence-electron chi connectivity index (χ2n) is 4.07. The topological polar surface area (TPSA) is 41.1 Å². The monoisotopic (exact) mass is 386 g/mol. The first-order chi connectivity index (χ1) is 9.04. The predicted octanol–water partition coefficient (Wildman–Crippen LogP) is 4.90. The van der Waals surface area contributed by atoms with Gasteiger partial charge < -0.3 is 10.6 Å². The minimum atomic E-state index is -0.272. The van der Waals surface area contributed by atoms with Gasteiger partial charge >= 0.3 is 6.03 Å². The van der Waals surface area contributed by atoms with Gasteiger partial charge in [-0.25, -0.2) is 4.79 Å². The first kappa shape index (κ1) is 14.1. The van der Waals surface area contributed by atoms with Gasteiger partial charge in [-0.2, -0.15) is 0 Å². The molecule has 0 radical (unpaired) electrons. The van der Waals surface area contributed by atoms with E-state index in [1.807, 2.05) is 31.2 Å². The number of benzene rings is 2. The normalized spacial score (nSPS) is 10.1. The summed E-state index contributed by atoms with van der Waals surface area (Å²) >= 11 is 8.00. The first-order valence-electron chi connectivity index (χ1n) is 5.64. The van der Waals surface area contributed by atoms with Crippen LogP contribution < -0.4 is 10.6 Å². The minimum absolute atomic E-state index is 0.272. The summed E-state index contributed by atoms with van der Waals surface area (Å²) in [4.78, 5) is 11.9. The number of nitrogens with one attached hydrogen (secondary N) is 2. The van der Waals surface area contributed by atoms with Gasteiger partial charge in [0.05, 0.1) is 5.69 Å². The van der Waals surface area contributed by atoms with E-state index in [9.17, 15) is 4.79 Å². The molecule has 0 bridgehead atoms. The zero-order chi connectivity index (χ0) is 13.8. The molecule has 0 fully saturated rings. The van der Waals surface area contributed by atoms with E-state index in [0.717, 1.165) is 20.5 Å². The maximum absolute atomic E-state index is 11.9. The number of hydrogen-bond donors (Lipinski definition) is 2. The third-order valence-electron chi connectivity index (χ3n) is 2.46. The maximum Gasteiger partial charge on any atom is 0.323 e. The van der Waals surface area contributed by atoms with E-state index in [-0.39, 0.29) is 6.03 Å². The van der Waals surface area contributed by atoms with E-state index >= 15 is 0 Å². The molecule has 19 heavy (non-hydrogen) atoms. The van der Waals surface area contributed by atoms with Crippen LogP contribution in [0.1, 0.15) is 5.56 Å². The van der Waals surface area contributed by atoms with Crippen molar-refractivity contribution in [2.24, 2.45) is 0 Å². The Bertz CT molecular complexity index is 616. The third-order valence-corrected chi connectivity index (χ3v) is 3.58. The van der Waals surface area contributed by atoms with Crippen LogP contribution in [0, 0.1) is 10.5 Å². The summed E-state index contributed by atoms with van der Waals surface area (Å²) in [5, 5.41) is 6.22. The molecule has 98 valence electrons. The van der Waals surface area contributed by atoms with Crippen LogP contribution in [-0.4, -0.2) is 6.03 Å². The molecule has 2 N–H and O–H groups in total. The quantitative estimate of drug-likeness (QED) is 0.708. The fourth-order valence-electron chi connectivity index (χ4n) is 1.60. The van der Waals surface area contributed by atoms with Gasteiger partial charge in [-0.3, -0.25) is 0 Å². The van der Waals surface area contributed by atoms with Crippen molar-refractivity contribution in [3.05, 3.63) is 56.6 Å². The van der Waals surface area contributed by atoms with Crippen LogP contribution in [0.2, 0.25) is 5.02 Å². The average molecular weight is 387 g/mol. The van der Waals surface area contributed by atoms with E-state index in [1.54, 1.807) is 18.2 Å². The highest BCUT2D eigenvalue weighted by atomic mass is 127. The van der Waals surface area contributed by atoms with E-state index in [1.165, 1.54) is 0 Å². The molecule has 0 saturated heterocycles. The van der Waals surface area contributed by atoms with Gasteiger partial charge in [0.2, 0.25) is 0 Å². The van der Waals surface area contributed by atoms with E-state index < -0.39 is 0 Å². The standard InChI is InChI=1S/C14H12ClIN2O/c1-9-3-2-4-11(7-9)17-14(19)18-13-6-5-10(15)8-12(13)16/h2-8H,1H3,(H2,17,18,19). The van der Waals surface area contributed by atoms with Crippen LogP contribution in [0.25, 0.3) is 0 Å². The van der Waals surface area contributed by atoms with Gasteiger partial charge in [0.1, 0.15) is 0 Å². The number of urea groups is 1. The molecule has 0 unspecified atom stereocenters. The molecule has 2 amide bonds. The predicted molar refractivity (Wildman–Crippen MR) is 88.0 cm³/mol. The first-order valence-corrected chi connectivity index (χ1v) is 7.10. The van der Waals surface area contributed by atoms with Crippen molar-refractivity contribution < 1.29 is 4.79 Å². The Kier molecular flexibility index (Phi) is 4.66. The number of hydrogen-bond acceptors (Lipinski definition) is 1. The van der Waals surface area contributed by atoms with Crippen molar-refractivity contribution in [1.82, 2.24) is 0 Å². The smallest absolute Gasteiger partial charge is 0.308 e. The molecule has 0 aromatic heterocycles. The van der Waals surface area contributed by atoms with Crippen molar-refractivity contribution in [2.45, 2.75) is 6.92 Å². The van der Waals surface area contributed by atoms with Crippen LogP contribution in [0.5, 0.6) is 0 Å². The molecule has 0 aliphatic carbocycles. The second-order valence-corrected chi connectivity index (χ2v) is 5.67. The van der Waals surface area contributed by atoms with Crippen molar-refractivity contribution in [2.75, 3.05) is 10.6 Å². The lowest BCUT2D eigenvalue weighted by Crippen LogP contribution is -2.20. The molecule has 0 spiro atoms. The number of aryl methyl sites for hydroxylation is 1. The molecule has 0 saturated carbocycles. The summed E-state index contributed by atoms with van der Waals surface area (Å²) in [5.74, 6) is 0. The van der Waals surface area contributed by atoms with Gasteiger partial charge in [0.25, 0.3) is 0 Å². The van der Waals surface area contributed by atoms with Gasteiger partial charge in [-0.15, -0.1) is 0 Å². The van der Waals surface area contributed by atoms with E-state index in [4.69, 9.17) is 11.6 Å². The number of rotatable bonds is 2. The Balaban J connectivity index is 2.05. The number of amides is 2. The summed E-state index contributed by atoms with van der Waals surface area (Å²) in [6, 6.07) is 12.7. The van der Waals surface area contributed by atoms with Crippen LogP contribution in [0.3, 0.4) is 0 Å². The zero-order valence-corrected chi connectivity index (χ0v) is 13.1. The molecule has 0 atom stereocenters. The summed E-state index contributed by atoms with van der Waals surface area (Å²) < 4.78 is 0.893. The third kappa shape index (κ3) is 4.11. The highest BCUT2D eigenvalue weighted by Gasteiger charge is 2.06. The Hall–Kier alpha value is -1.27. The Labute approximate surface area is 130 Å². The highest BCUT2D eigenvalue weighted by molar-refractivity contribution is 14.1. The molecule has 2 rings (SSSR count). The van der Waals surface area contributed by atoms with Crippen LogP contribution in [-0.2, 0) is 0 Å². The number of carbonyl (C=O) groups is 1. The lowest BCUT2D eigenvalue weighted by molar-refractivity contribution is 0.262. The molecule has 2 aromatic carbocycles. The van der Waals surface area contributed by atoms with Crippen molar-refractivity contribution in [3.8, 4) is 0 Å². The molecule has 0 heterocycles. The zero-order valence-electron chi connectivity index (χ0n) is 10.2. The van der Waals surface area contributed by atoms with E-state index in [0.29, 0.717) is 5.02 Å². The number of carbonyl (C=O) groups excluding carboxylic acids is 1. The fraction of sp³-hybridized carbons (Fsp3) is 0.0714. The Morgan fingerprint density at radius 1 is 1.16 bits per heavy atom. The molecule has 5 heteroatoms. The summed E-state index contributed by atoms with van der Waals surface area (Å²) in [6.45, 7) is 1.98. The largest absolute Gasteiger partial charge is 0.323 e. The van der Waals surface area contributed by atoms with Gasteiger partial charge in [0, 0.05) is 14.3 Å². The van der Waals surface area contributed by atoms with Crippen LogP contribution >= 0.6 is 34.2 Å². The van der Waals surface area contributed by atoms with Crippen LogP contribution in [0.15, 0.2) is 42.5 Å². The van der Waals surface area contributed by atoms with Gasteiger partial charge in [-0.05, 0) is 65.4 Å². The summed E-state index contributed by atoms with van der Waals surface area (Å²) in [6.07, 6.45) is 0. The lowest BCUT2D eigenvalue weighted by Gasteiger charge is -2.09. The molecule has 3 nitrogen and oxygen atoms in total. The molecule has 0 aliphatic rings. The molecular formula is C14H12ClIN2O. The molecular weight excluding hydrogens is 375 g/mol. The lowest BCUT2D eigenvalue weighted by atomic mass is 10.2. The average Bonchev–Trinajstić information content (AvgIpc) is 2.33. The minimum Gasteiger partial charge on any atom is -0.308 e. The number of anilines is 2. The fourth-order valence-corrected chi connectivity index (χ4v) is 2.60. The Morgan fingerprint density at radius 2 is 1.95 bits per heavy atom.